The van der Waals surface area contributed by atoms with Gasteiger partial charge in [0.1, 0.15) is 21.8 Å². The Morgan fingerprint density at radius 2 is 1.70 bits per heavy atom. The van der Waals surface area contributed by atoms with E-state index in [0.717, 1.165) is 25.2 Å². The SMILES string of the molecule is COc1ccc(CCN2C(=O)/C(=C/c3c(C)c(C#N)c(=O)n(C)c3N3CCN(Cc4ccccc4)CC3)SC2=S)cc1OC. The van der Waals surface area contributed by atoms with E-state index in [-0.39, 0.29) is 17.0 Å². The number of thiocarbonyl (C=S) groups is 1. The van der Waals surface area contributed by atoms with Gasteiger partial charge in [-0.3, -0.25) is 24.0 Å². The second-order valence-electron chi connectivity index (χ2n) is 10.7. The summed E-state index contributed by atoms with van der Waals surface area (Å²) in [6.45, 7) is 6.09. The average molecular weight is 630 g/mol. The molecular formula is C33H35N5O4S2. The minimum atomic E-state index is -0.341. The highest BCUT2D eigenvalue weighted by Crippen LogP contribution is 2.36. The van der Waals surface area contributed by atoms with E-state index in [1.165, 1.54) is 17.3 Å². The van der Waals surface area contributed by atoms with E-state index in [1.54, 1.807) is 43.7 Å². The number of thioether (sulfide) groups is 1. The van der Waals surface area contributed by atoms with E-state index in [1.807, 2.05) is 36.4 Å². The molecule has 11 heteroatoms. The number of carbonyl (C=O) groups is 1. The summed E-state index contributed by atoms with van der Waals surface area (Å²) < 4.78 is 12.8. The van der Waals surface area contributed by atoms with Crippen LogP contribution in [0.15, 0.2) is 58.2 Å². The number of hydrogen-bond acceptors (Lipinski definition) is 9. The molecule has 0 atom stereocenters. The zero-order valence-corrected chi connectivity index (χ0v) is 27.0. The molecule has 1 amide bonds. The molecule has 228 valence electrons. The highest BCUT2D eigenvalue weighted by Gasteiger charge is 2.33. The van der Waals surface area contributed by atoms with Gasteiger partial charge in [-0.2, -0.15) is 5.26 Å². The number of hydrogen-bond donors (Lipinski definition) is 0. The third kappa shape index (κ3) is 6.38. The Morgan fingerprint density at radius 1 is 1.00 bits per heavy atom. The van der Waals surface area contributed by atoms with Crippen molar-refractivity contribution in [2.45, 2.75) is 19.9 Å². The molecule has 3 aromatic rings. The minimum Gasteiger partial charge on any atom is -0.493 e. The number of carbonyl (C=O) groups excluding carboxylic acids is 1. The fourth-order valence-electron chi connectivity index (χ4n) is 5.65. The van der Waals surface area contributed by atoms with Crippen LogP contribution in [0.1, 0.15) is 27.8 Å². The number of benzene rings is 2. The van der Waals surface area contributed by atoms with Crippen molar-refractivity contribution >= 4 is 46.1 Å². The summed E-state index contributed by atoms with van der Waals surface area (Å²) in [6.07, 6.45) is 2.38. The Morgan fingerprint density at radius 3 is 2.36 bits per heavy atom. The summed E-state index contributed by atoms with van der Waals surface area (Å²) in [5.41, 5.74) is 3.24. The quantitative estimate of drug-likeness (QED) is 0.253. The maximum atomic E-state index is 13.6. The molecule has 0 aliphatic carbocycles. The molecule has 9 nitrogen and oxygen atoms in total. The van der Waals surface area contributed by atoms with E-state index in [2.05, 4.69) is 28.0 Å². The molecule has 0 radical (unpaired) electrons. The molecular weight excluding hydrogens is 595 g/mol. The zero-order chi connectivity index (χ0) is 31.4. The Bertz CT molecular complexity index is 1710. The molecule has 2 aliphatic heterocycles. The first-order chi connectivity index (χ1) is 21.2. The number of nitriles is 1. The van der Waals surface area contributed by atoms with Crippen LogP contribution in [0.3, 0.4) is 0 Å². The summed E-state index contributed by atoms with van der Waals surface area (Å²) in [5.74, 6) is 1.79. The minimum absolute atomic E-state index is 0.0779. The van der Waals surface area contributed by atoms with Gasteiger partial charge in [-0.05, 0) is 48.2 Å². The van der Waals surface area contributed by atoms with Crippen LogP contribution >= 0.6 is 24.0 Å². The van der Waals surface area contributed by atoms with E-state index >= 15 is 0 Å². The lowest BCUT2D eigenvalue weighted by Crippen LogP contribution is -2.48. The first kappa shape index (κ1) is 31.3. The number of aromatic nitrogens is 1. The van der Waals surface area contributed by atoms with Crippen LogP contribution in [0, 0.1) is 18.3 Å². The van der Waals surface area contributed by atoms with Crippen molar-refractivity contribution in [3.8, 4) is 17.6 Å². The molecule has 0 saturated carbocycles. The first-order valence-corrected chi connectivity index (χ1v) is 15.6. The third-order valence-corrected chi connectivity index (χ3v) is 9.49. The Labute approximate surface area is 267 Å². The van der Waals surface area contributed by atoms with Crippen molar-refractivity contribution in [2.24, 2.45) is 7.05 Å². The lowest BCUT2D eigenvalue weighted by Gasteiger charge is -2.37. The van der Waals surface area contributed by atoms with Gasteiger partial charge in [0.05, 0.1) is 19.1 Å². The van der Waals surface area contributed by atoms with Gasteiger partial charge in [0.15, 0.2) is 11.5 Å². The maximum absolute atomic E-state index is 13.6. The van der Waals surface area contributed by atoms with E-state index in [9.17, 15) is 14.9 Å². The van der Waals surface area contributed by atoms with Gasteiger partial charge < -0.3 is 14.4 Å². The van der Waals surface area contributed by atoms with Crippen molar-refractivity contribution in [2.75, 3.05) is 51.8 Å². The van der Waals surface area contributed by atoms with E-state index in [4.69, 9.17) is 21.7 Å². The molecule has 2 fully saturated rings. The van der Waals surface area contributed by atoms with Crippen LogP contribution in [0.4, 0.5) is 5.82 Å². The van der Waals surface area contributed by atoms with Crippen molar-refractivity contribution < 1.29 is 14.3 Å². The van der Waals surface area contributed by atoms with Crippen LogP contribution in [-0.4, -0.2) is 71.5 Å². The summed E-state index contributed by atoms with van der Waals surface area (Å²) in [7, 11) is 4.87. The average Bonchev–Trinajstić information content (AvgIpc) is 3.31. The second kappa shape index (κ2) is 13.7. The van der Waals surface area contributed by atoms with Crippen LogP contribution in [0.25, 0.3) is 6.08 Å². The van der Waals surface area contributed by atoms with Crippen molar-refractivity contribution in [1.82, 2.24) is 14.4 Å². The maximum Gasteiger partial charge on any atom is 0.270 e. The number of piperazine rings is 1. The van der Waals surface area contributed by atoms with Crippen LogP contribution in [0.2, 0.25) is 0 Å². The van der Waals surface area contributed by atoms with Gasteiger partial charge in [-0.1, -0.05) is 60.4 Å². The number of ether oxygens (including phenoxy) is 2. The van der Waals surface area contributed by atoms with Crippen LogP contribution in [-0.2, 0) is 24.8 Å². The molecule has 0 N–H and O–H groups in total. The van der Waals surface area contributed by atoms with Crippen molar-refractivity contribution in [3.05, 3.63) is 91.6 Å². The number of methoxy groups -OCH3 is 2. The summed E-state index contributed by atoms with van der Waals surface area (Å²) in [4.78, 5) is 33.5. The predicted molar refractivity (Wildman–Crippen MR) is 178 cm³/mol. The molecule has 3 heterocycles. The molecule has 0 unspecified atom stereocenters. The molecule has 2 aromatic carbocycles. The number of anilines is 1. The second-order valence-corrected chi connectivity index (χ2v) is 12.4. The Hall–Kier alpha value is -4.11. The van der Waals surface area contributed by atoms with Gasteiger partial charge in [-0.15, -0.1) is 0 Å². The van der Waals surface area contributed by atoms with E-state index < -0.39 is 0 Å². The number of amides is 1. The Balaban J connectivity index is 1.39. The number of rotatable bonds is 9. The molecule has 0 spiro atoms. The normalized spacial score (nSPS) is 16.5. The predicted octanol–water partition coefficient (Wildman–Crippen LogP) is 4.35. The fourth-order valence-corrected chi connectivity index (χ4v) is 6.94. The summed E-state index contributed by atoms with van der Waals surface area (Å²) >= 11 is 6.87. The lowest BCUT2D eigenvalue weighted by molar-refractivity contribution is -0.122. The van der Waals surface area contributed by atoms with Crippen LogP contribution < -0.4 is 19.9 Å². The summed E-state index contributed by atoms with van der Waals surface area (Å²) in [5, 5.41) is 9.85. The number of nitrogens with zero attached hydrogens (tertiary/aromatic N) is 5. The topological polar surface area (TPSA) is 91.0 Å². The van der Waals surface area contributed by atoms with Gasteiger partial charge >= 0.3 is 0 Å². The largest absolute Gasteiger partial charge is 0.493 e. The lowest BCUT2D eigenvalue weighted by atomic mass is 10.0. The zero-order valence-electron chi connectivity index (χ0n) is 25.3. The van der Waals surface area contributed by atoms with E-state index in [0.29, 0.717) is 63.7 Å². The highest BCUT2D eigenvalue weighted by molar-refractivity contribution is 8.26. The van der Waals surface area contributed by atoms with Gasteiger partial charge in [0.2, 0.25) is 0 Å². The Kier molecular flexibility index (Phi) is 9.74. The molecule has 2 saturated heterocycles. The summed E-state index contributed by atoms with van der Waals surface area (Å²) in [6, 6.07) is 18.1. The third-order valence-electron chi connectivity index (χ3n) is 8.11. The van der Waals surface area contributed by atoms with Gasteiger partial charge in [0, 0.05) is 51.9 Å². The molecule has 0 bridgehead atoms. The standard InChI is InChI=1S/C33H35N5O4S2/c1-22-25(19-29-32(40)38(33(43)44-29)13-12-23-10-11-27(41-3)28(18-23)42-4)30(35(2)31(39)26(22)20-34)37-16-14-36(15-17-37)21-24-8-6-5-7-9-24/h5-11,18-19H,12-17,21H2,1-4H3/b29-19-. The first-order valence-electron chi connectivity index (χ1n) is 14.4. The molecule has 1 aromatic heterocycles. The molecule has 5 rings (SSSR count). The van der Waals surface area contributed by atoms with Gasteiger partial charge in [-0.25, -0.2) is 0 Å². The highest BCUT2D eigenvalue weighted by atomic mass is 32.2. The van der Waals surface area contributed by atoms with Gasteiger partial charge in [0.25, 0.3) is 11.5 Å². The van der Waals surface area contributed by atoms with Crippen molar-refractivity contribution in [1.29, 1.82) is 5.26 Å². The monoisotopic (exact) mass is 629 g/mol. The fraction of sp³-hybridized carbons (Fsp3) is 0.333. The van der Waals surface area contributed by atoms with Crippen molar-refractivity contribution in [3.63, 3.8) is 0 Å². The smallest absolute Gasteiger partial charge is 0.270 e. The number of pyridine rings is 1. The molecule has 44 heavy (non-hydrogen) atoms. The van der Waals surface area contributed by atoms with Crippen LogP contribution in [0.5, 0.6) is 11.5 Å². The molecule has 2 aliphatic rings.